The fourth-order valence-electron chi connectivity index (χ4n) is 1.11. The van der Waals surface area contributed by atoms with Crippen molar-refractivity contribution in [1.82, 2.24) is 0 Å². The third-order valence-electron chi connectivity index (χ3n) is 2.36. The first-order chi connectivity index (χ1) is 7.77. The molecule has 1 N–H and O–H groups in total. The number of aryl methyl sites for hydroxylation is 1. The first-order valence-corrected chi connectivity index (χ1v) is 5.75. The molecule has 1 aromatic rings. The van der Waals surface area contributed by atoms with E-state index >= 15 is 0 Å². The molecule has 0 atom stereocenters. The predicted molar refractivity (Wildman–Crippen MR) is 66.9 cm³/mol. The molecular weight excluding hydrogens is 287 g/mol. The average Bonchev–Trinajstić information content (AvgIpc) is 2.25. The molecule has 0 saturated heterocycles. The molecule has 0 unspecified atom stereocenters. The van der Waals surface area contributed by atoms with Crippen molar-refractivity contribution in [3.05, 3.63) is 28.0 Å². The van der Waals surface area contributed by atoms with Crippen LogP contribution in [0.3, 0.4) is 0 Å². The lowest BCUT2D eigenvalue weighted by molar-refractivity contribution is -0.121. The molecule has 1 amide bonds. The Morgan fingerprint density at radius 1 is 1.53 bits per heavy atom. The molecule has 0 aromatic heterocycles. The van der Waals surface area contributed by atoms with Gasteiger partial charge in [-0.1, -0.05) is 0 Å². The van der Waals surface area contributed by atoms with Crippen molar-refractivity contribution < 1.29 is 9.18 Å². The summed E-state index contributed by atoms with van der Waals surface area (Å²) in [6.07, 6.45) is 0. The highest BCUT2D eigenvalue weighted by atomic mass is 79.9. The molecule has 0 aliphatic heterocycles. The van der Waals surface area contributed by atoms with E-state index in [1.165, 1.54) is 19.9 Å². The van der Waals surface area contributed by atoms with Gasteiger partial charge in [0.15, 0.2) is 0 Å². The van der Waals surface area contributed by atoms with Crippen molar-refractivity contribution in [2.45, 2.75) is 20.8 Å². The summed E-state index contributed by atoms with van der Waals surface area (Å²) < 4.78 is 13.7. The summed E-state index contributed by atoms with van der Waals surface area (Å²) in [5.41, 5.74) is -0.0462. The molecule has 0 bridgehead atoms. The molecule has 0 saturated carbocycles. The molecule has 0 aliphatic rings. The second-order valence-corrected chi connectivity index (χ2v) is 5.13. The first-order valence-electron chi connectivity index (χ1n) is 4.96. The van der Waals surface area contributed by atoms with E-state index in [4.69, 9.17) is 5.26 Å². The third kappa shape index (κ3) is 3.04. The summed E-state index contributed by atoms with van der Waals surface area (Å²) in [5.74, 6) is -0.912. The van der Waals surface area contributed by atoms with Gasteiger partial charge in [0.05, 0.1) is 10.5 Å². The predicted octanol–water partition coefficient (Wildman–Crippen LogP) is 3.38. The largest absolute Gasteiger partial charge is 0.324 e. The Morgan fingerprint density at radius 3 is 2.65 bits per heavy atom. The smallest absolute Gasteiger partial charge is 0.244 e. The summed E-state index contributed by atoms with van der Waals surface area (Å²) in [4.78, 5) is 11.7. The van der Waals surface area contributed by atoms with Gasteiger partial charge in [0, 0.05) is 5.69 Å². The normalized spacial score (nSPS) is 10.8. The molecule has 0 radical (unpaired) electrons. The van der Waals surface area contributed by atoms with E-state index in [2.05, 4.69) is 21.2 Å². The Hall–Kier alpha value is -1.41. The minimum absolute atomic E-state index is 0.340. The number of anilines is 1. The highest BCUT2D eigenvalue weighted by molar-refractivity contribution is 9.10. The van der Waals surface area contributed by atoms with Gasteiger partial charge in [0.25, 0.3) is 0 Å². The molecular formula is C12H12BrFN2O. The number of carbonyl (C=O) groups excluding carboxylic acids is 1. The summed E-state index contributed by atoms with van der Waals surface area (Å²) in [5, 5.41) is 11.4. The summed E-state index contributed by atoms with van der Waals surface area (Å²) in [6.45, 7) is 4.76. The van der Waals surface area contributed by atoms with Gasteiger partial charge in [-0.25, -0.2) is 4.39 Å². The molecule has 1 rings (SSSR count). The van der Waals surface area contributed by atoms with Crippen molar-refractivity contribution in [3.63, 3.8) is 0 Å². The monoisotopic (exact) mass is 298 g/mol. The molecule has 3 nitrogen and oxygen atoms in total. The fraction of sp³-hybridized carbons (Fsp3) is 0.333. The summed E-state index contributed by atoms with van der Waals surface area (Å²) in [6, 6.07) is 4.69. The zero-order valence-electron chi connectivity index (χ0n) is 9.77. The number of nitriles is 1. The highest BCUT2D eigenvalue weighted by Gasteiger charge is 2.27. The fourth-order valence-corrected chi connectivity index (χ4v) is 1.57. The first kappa shape index (κ1) is 13.7. The molecule has 5 heteroatoms. The van der Waals surface area contributed by atoms with E-state index in [1.54, 1.807) is 13.0 Å². The quantitative estimate of drug-likeness (QED) is 0.910. The maximum Gasteiger partial charge on any atom is 0.244 e. The van der Waals surface area contributed by atoms with Crippen LogP contribution in [-0.4, -0.2) is 5.91 Å². The molecule has 17 heavy (non-hydrogen) atoms. The lowest BCUT2D eigenvalue weighted by Gasteiger charge is -2.16. The number of hydrogen-bond acceptors (Lipinski definition) is 2. The number of benzene rings is 1. The molecule has 1 aromatic carbocycles. The van der Waals surface area contributed by atoms with Gasteiger partial charge < -0.3 is 5.32 Å². The molecule has 90 valence electrons. The Labute approximate surface area is 108 Å². The van der Waals surface area contributed by atoms with Gasteiger partial charge in [-0.3, -0.25) is 4.79 Å². The second-order valence-electron chi connectivity index (χ2n) is 4.27. The van der Waals surface area contributed by atoms with Crippen LogP contribution in [0.2, 0.25) is 0 Å². The van der Waals surface area contributed by atoms with E-state index < -0.39 is 17.1 Å². The number of amides is 1. The topological polar surface area (TPSA) is 52.9 Å². The van der Waals surface area contributed by atoms with Crippen LogP contribution in [0.4, 0.5) is 10.1 Å². The maximum absolute atomic E-state index is 13.3. The van der Waals surface area contributed by atoms with Crippen LogP contribution in [0.5, 0.6) is 0 Å². The number of nitrogens with one attached hydrogen (secondary N) is 1. The number of rotatable bonds is 2. The van der Waals surface area contributed by atoms with E-state index in [0.29, 0.717) is 10.2 Å². The Bertz CT molecular complexity index is 506. The van der Waals surface area contributed by atoms with Crippen LogP contribution in [0.25, 0.3) is 0 Å². The van der Waals surface area contributed by atoms with Crippen LogP contribution < -0.4 is 5.32 Å². The highest BCUT2D eigenvalue weighted by Crippen LogP contribution is 2.25. The van der Waals surface area contributed by atoms with Gasteiger partial charge in [0.2, 0.25) is 5.91 Å². The van der Waals surface area contributed by atoms with Crippen molar-refractivity contribution in [2.75, 3.05) is 5.32 Å². The molecule has 0 fully saturated rings. The van der Waals surface area contributed by atoms with Gasteiger partial charge in [-0.2, -0.15) is 5.26 Å². The van der Waals surface area contributed by atoms with E-state index in [9.17, 15) is 9.18 Å². The van der Waals surface area contributed by atoms with Crippen molar-refractivity contribution in [3.8, 4) is 6.07 Å². The average molecular weight is 299 g/mol. The number of nitrogens with zero attached hydrogens (tertiary/aromatic N) is 1. The SMILES string of the molecule is Cc1cc(Br)c(F)cc1NC(=O)C(C)(C)C#N. The van der Waals surface area contributed by atoms with Gasteiger partial charge in [-0.05, 0) is 54.4 Å². The lowest BCUT2D eigenvalue weighted by atomic mass is 9.94. The van der Waals surface area contributed by atoms with E-state index in [1.807, 2.05) is 6.07 Å². The minimum atomic E-state index is -1.14. The third-order valence-corrected chi connectivity index (χ3v) is 2.97. The van der Waals surface area contributed by atoms with E-state index in [-0.39, 0.29) is 0 Å². The van der Waals surface area contributed by atoms with Crippen LogP contribution in [0, 0.1) is 29.5 Å². The summed E-state index contributed by atoms with van der Waals surface area (Å²) >= 11 is 3.06. The van der Waals surface area contributed by atoms with Crippen LogP contribution in [0.15, 0.2) is 16.6 Å². The van der Waals surface area contributed by atoms with Crippen LogP contribution in [-0.2, 0) is 4.79 Å². The van der Waals surface area contributed by atoms with Crippen molar-refractivity contribution in [2.24, 2.45) is 5.41 Å². The second kappa shape index (κ2) is 4.84. The maximum atomic E-state index is 13.3. The molecule has 0 heterocycles. The van der Waals surface area contributed by atoms with Gasteiger partial charge in [0.1, 0.15) is 11.2 Å². The molecule has 0 aliphatic carbocycles. The number of hydrogen-bond donors (Lipinski definition) is 1. The Balaban J connectivity index is 3.02. The van der Waals surface area contributed by atoms with Gasteiger partial charge in [-0.15, -0.1) is 0 Å². The summed E-state index contributed by atoms with van der Waals surface area (Å²) in [7, 11) is 0. The van der Waals surface area contributed by atoms with Crippen LogP contribution >= 0.6 is 15.9 Å². The van der Waals surface area contributed by atoms with Gasteiger partial charge >= 0.3 is 0 Å². The standard InChI is InChI=1S/C12H12BrFN2O/c1-7-4-8(13)9(14)5-10(7)16-11(17)12(2,3)6-15/h4-5H,1-3H3,(H,16,17). The zero-order valence-corrected chi connectivity index (χ0v) is 11.4. The number of carbonyl (C=O) groups is 1. The number of halogens is 2. The zero-order chi connectivity index (χ0) is 13.2. The minimum Gasteiger partial charge on any atom is -0.324 e. The van der Waals surface area contributed by atoms with Crippen LogP contribution in [0.1, 0.15) is 19.4 Å². The van der Waals surface area contributed by atoms with E-state index in [0.717, 1.165) is 5.56 Å². The van der Waals surface area contributed by atoms with Crippen molar-refractivity contribution in [1.29, 1.82) is 5.26 Å². The molecule has 0 spiro atoms. The van der Waals surface area contributed by atoms with Crippen molar-refractivity contribution >= 4 is 27.5 Å². The lowest BCUT2D eigenvalue weighted by Crippen LogP contribution is -2.29. The Morgan fingerprint density at radius 2 is 2.12 bits per heavy atom. The Kier molecular flexibility index (Phi) is 3.89.